The Morgan fingerprint density at radius 1 is 0.969 bits per heavy atom. The van der Waals surface area contributed by atoms with E-state index < -0.39 is 6.04 Å². The minimum Gasteiger partial charge on any atom is -0.504 e. The first-order chi connectivity index (χ1) is 15.6. The van der Waals surface area contributed by atoms with Gasteiger partial charge in [0.15, 0.2) is 17.5 Å². The molecule has 2 heterocycles. The van der Waals surface area contributed by atoms with E-state index in [1.54, 1.807) is 30.0 Å². The fourth-order valence-corrected chi connectivity index (χ4v) is 4.02. The second-order valence-corrected chi connectivity index (χ2v) is 7.42. The number of hydrogen-bond donors (Lipinski definition) is 2. The number of methoxy groups -OCH3 is 2. The van der Waals surface area contributed by atoms with Gasteiger partial charge in [-0.3, -0.25) is 4.79 Å². The molecule has 7 nitrogen and oxygen atoms in total. The van der Waals surface area contributed by atoms with Crippen LogP contribution in [0.15, 0.2) is 72.8 Å². The van der Waals surface area contributed by atoms with Crippen LogP contribution in [0.3, 0.4) is 0 Å². The molecule has 0 unspecified atom stereocenters. The van der Waals surface area contributed by atoms with E-state index in [1.807, 2.05) is 54.6 Å². The quantitative estimate of drug-likeness (QED) is 0.490. The molecule has 1 aliphatic heterocycles. The lowest BCUT2D eigenvalue weighted by Crippen LogP contribution is -2.21. The van der Waals surface area contributed by atoms with Crippen LogP contribution in [0.5, 0.6) is 17.2 Å². The van der Waals surface area contributed by atoms with Crippen LogP contribution in [0.2, 0.25) is 0 Å². The standard InChI is InChI=1S/C25H21N3O4/c1-31-16-12-10-15(11-13-16)20-14-21(18-7-5-9-22(32-2)24(18)29)28(27-20)23-17-6-3-4-8-19(17)26-25(23)30/h3-14,23,29H,1-2H3,(H,26,30)/t23-/m0/s1. The van der Waals surface area contributed by atoms with Crippen LogP contribution < -0.4 is 14.8 Å². The smallest absolute Gasteiger partial charge is 0.253 e. The summed E-state index contributed by atoms with van der Waals surface area (Å²) in [4.78, 5) is 13.0. The highest BCUT2D eigenvalue weighted by atomic mass is 16.5. The van der Waals surface area contributed by atoms with Crippen LogP contribution in [0.25, 0.3) is 22.5 Å². The lowest BCUT2D eigenvalue weighted by molar-refractivity contribution is -0.117. The molecule has 0 bridgehead atoms. The number of benzene rings is 3. The Balaban J connectivity index is 1.72. The number of ether oxygens (including phenoxy) is 2. The molecular formula is C25H21N3O4. The Hall–Kier alpha value is -4.26. The van der Waals surface area contributed by atoms with Gasteiger partial charge in [0.2, 0.25) is 0 Å². The summed E-state index contributed by atoms with van der Waals surface area (Å²) >= 11 is 0. The van der Waals surface area contributed by atoms with E-state index in [-0.39, 0.29) is 11.7 Å². The zero-order chi connectivity index (χ0) is 22.2. The maximum absolute atomic E-state index is 13.0. The molecule has 1 atom stereocenters. The van der Waals surface area contributed by atoms with Gasteiger partial charge in [-0.15, -0.1) is 0 Å². The van der Waals surface area contributed by atoms with Gasteiger partial charge in [-0.1, -0.05) is 24.3 Å². The van der Waals surface area contributed by atoms with Crippen LogP contribution in [-0.2, 0) is 4.79 Å². The molecule has 160 valence electrons. The Bertz CT molecular complexity index is 1310. The first-order valence-corrected chi connectivity index (χ1v) is 10.1. The third-order valence-electron chi connectivity index (χ3n) is 5.62. The predicted octanol–water partition coefficient (Wildman–Crippen LogP) is 4.48. The van der Waals surface area contributed by atoms with E-state index in [0.29, 0.717) is 22.7 Å². The third-order valence-corrected chi connectivity index (χ3v) is 5.62. The summed E-state index contributed by atoms with van der Waals surface area (Å²) in [5, 5.41) is 18.6. The Morgan fingerprint density at radius 3 is 2.50 bits per heavy atom. The third kappa shape index (κ3) is 3.15. The fraction of sp³-hybridized carbons (Fsp3) is 0.120. The zero-order valence-corrected chi connectivity index (χ0v) is 17.6. The van der Waals surface area contributed by atoms with E-state index in [1.165, 1.54) is 7.11 Å². The number of carbonyl (C=O) groups excluding carboxylic acids is 1. The van der Waals surface area contributed by atoms with Gasteiger partial charge in [0.05, 0.1) is 25.6 Å². The van der Waals surface area contributed by atoms with Gasteiger partial charge in [-0.2, -0.15) is 5.10 Å². The average molecular weight is 427 g/mol. The summed E-state index contributed by atoms with van der Waals surface area (Å²) in [5.74, 6) is 0.892. The molecule has 32 heavy (non-hydrogen) atoms. The van der Waals surface area contributed by atoms with E-state index in [2.05, 4.69) is 5.32 Å². The largest absolute Gasteiger partial charge is 0.504 e. The molecule has 2 N–H and O–H groups in total. The van der Waals surface area contributed by atoms with E-state index in [9.17, 15) is 9.90 Å². The molecule has 1 aliphatic rings. The molecule has 7 heteroatoms. The van der Waals surface area contributed by atoms with Crippen molar-refractivity contribution in [2.24, 2.45) is 0 Å². The number of amides is 1. The molecule has 0 fully saturated rings. The van der Waals surface area contributed by atoms with Gasteiger partial charge in [0.25, 0.3) is 5.91 Å². The highest BCUT2D eigenvalue weighted by Crippen LogP contribution is 2.42. The molecule has 0 saturated carbocycles. The molecule has 0 saturated heterocycles. The number of aromatic hydroxyl groups is 1. The second kappa shape index (κ2) is 7.77. The first kappa shape index (κ1) is 19.7. The van der Waals surface area contributed by atoms with Gasteiger partial charge in [0.1, 0.15) is 5.75 Å². The van der Waals surface area contributed by atoms with Crippen LogP contribution in [0, 0.1) is 0 Å². The van der Waals surface area contributed by atoms with Gasteiger partial charge in [-0.25, -0.2) is 4.68 Å². The van der Waals surface area contributed by atoms with Crippen LogP contribution in [-0.4, -0.2) is 35.0 Å². The van der Waals surface area contributed by atoms with Crippen molar-refractivity contribution in [3.8, 4) is 39.8 Å². The summed E-state index contributed by atoms with van der Waals surface area (Å²) in [7, 11) is 3.11. The normalized spacial score (nSPS) is 14.7. The van der Waals surface area contributed by atoms with Crippen molar-refractivity contribution >= 4 is 11.6 Å². The minimum atomic E-state index is -0.668. The number of phenols is 1. The number of fused-ring (bicyclic) bond motifs is 1. The Kier molecular flexibility index (Phi) is 4.78. The maximum Gasteiger partial charge on any atom is 0.253 e. The zero-order valence-electron chi connectivity index (χ0n) is 17.6. The fourth-order valence-electron chi connectivity index (χ4n) is 4.02. The highest BCUT2D eigenvalue weighted by Gasteiger charge is 2.35. The van der Waals surface area contributed by atoms with Crippen molar-refractivity contribution in [3.63, 3.8) is 0 Å². The molecule has 0 spiro atoms. The van der Waals surface area contributed by atoms with Gasteiger partial charge in [-0.05, 0) is 48.5 Å². The van der Waals surface area contributed by atoms with Gasteiger partial charge in [0, 0.05) is 22.4 Å². The van der Waals surface area contributed by atoms with E-state index in [0.717, 1.165) is 22.6 Å². The van der Waals surface area contributed by atoms with Crippen LogP contribution >= 0.6 is 0 Å². The lowest BCUT2D eigenvalue weighted by atomic mass is 10.1. The molecule has 5 rings (SSSR count). The SMILES string of the molecule is COc1ccc(-c2cc(-c3cccc(OC)c3O)n([C@@H]3C(=O)Nc4ccccc43)n2)cc1. The summed E-state index contributed by atoms with van der Waals surface area (Å²) in [6.07, 6.45) is 0. The molecule has 4 aromatic rings. The van der Waals surface area contributed by atoms with Gasteiger partial charge < -0.3 is 19.9 Å². The van der Waals surface area contributed by atoms with Gasteiger partial charge >= 0.3 is 0 Å². The van der Waals surface area contributed by atoms with Crippen molar-refractivity contribution in [1.82, 2.24) is 9.78 Å². The summed E-state index contributed by atoms with van der Waals surface area (Å²) in [6.45, 7) is 0. The number of carbonyl (C=O) groups is 1. The van der Waals surface area contributed by atoms with Crippen LogP contribution in [0.4, 0.5) is 5.69 Å². The molecule has 1 aromatic heterocycles. The minimum absolute atomic E-state index is 0.0101. The van der Waals surface area contributed by atoms with Crippen LogP contribution in [0.1, 0.15) is 11.6 Å². The summed E-state index contributed by atoms with van der Waals surface area (Å²) < 4.78 is 12.2. The van der Waals surface area contributed by atoms with Crippen molar-refractivity contribution in [2.75, 3.05) is 19.5 Å². The number of para-hydroxylation sites is 2. The van der Waals surface area contributed by atoms with E-state index in [4.69, 9.17) is 14.6 Å². The number of hydrogen-bond acceptors (Lipinski definition) is 5. The lowest BCUT2D eigenvalue weighted by Gasteiger charge is -2.15. The Morgan fingerprint density at radius 2 is 1.75 bits per heavy atom. The summed E-state index contributed by atoms with van der Waals surface area (Å²) in [6, 6.07) is 21.5. The average Bonchev–Trinajstić information content (AvgIpc) is 3.39. The Labute approximate surface area is 184 Å². The number of rotatable bonds is 5. The van der Waals surface area contributed by atoms with Crippen molar-refractivity contribution in [2.45, 2.75) is 6.04 Å². The number of nitrogens with zero attached hydrogens (tertiary/aromatic N) is 2. The number of phenolic OH excluding ortho intramolecular Hbond substituents is 1. The monoisotopic (exact) mass is 427 g/mol. The van der Waals surface area contributed by atoms with E-state index >= 15 is 0 Å². The molecule has 0 aliphatic carbocycles. The molecule has 1 amide bonds. The number of nitrogens with one attached hydrogen (secondary N) is 1. The maximum atomic E-state index is 13.0. The second-order valence-electron chi connectivity index (χ2n) is 7.42. The predicted molar refractivity (Wildman–Crippen MR) is 121 cm³/mol. The van der Waals surface area contributed by atoms with Crippen molar-refractivity contribution < 1.29 is 19.4 Å². The molecule has 0 radical (unpaired) electrons. The van der Waals surface area contributed by atoms with Crippen molar-refractivity contribution in [3.05, 3.63) is 78.4 Å². The first-order valence-electron chi connectivity index (χ1n) is 10.1. The number of aromatic nitrogens is 2. The highest BCUT2D eigenvalue weighted by molar-refractivity contribution is 6.03. The number of anilines is 1. The van der Waals surface area contributed by atoms with Crippen molar-refractivity contribution in [1.29, 1.82) is 0 Å². The molecular weight excluding hydrogens is 406 g/mol. The topological polar surface area (TPSA) is 85.6 Å². The molecule has 3 aromatic carbocycles. The summed E-state index contributed by atoms with van der Waals surface area (Å²) in [5.41, 5.74) is 4.23.